The maximum Gasteiger partial charge on any atom is 0.0623 e. The Kier molecular flexibility index (Phi) is 4.63. The molecule has 1 fully saturated rings. The summed E-state index contributed by atoms with van der Waals surface area (Å²) in [7, 11) is 0. The van der Waals surface area contributed by atoms with E-state index in [9.17, 15) is 0 Å². The Bertz CT molecular complexity index is 2260. The van der Waals surface area contributed by atoms with Crippen molar-refractivity contribution in [3.8, 4) is 39.1 Å². The molecule has 0 bridgehead atoms. The molecule has 1 N–H and O–H groups in total. The summed E-state index contributed by atoms with van der Waals surface area (Å²) in [5.74, 6) is 0. The highest BCUT2D eigenvalue weighted by Crippen LogP contribution is 2.63. The highest BCUT2D eigenvalue weighted by molar-refractivity contribution is 6.19. The number of rotatable bonds is 3. The van der Waals surface area contributed by atoms with Crippen molar-refractivity contribution < 1.29 is 0 Å². The first-order chi connectivity index (χ1) is 21.3. The van der Waals surface area contributed by atoms with Crippen molar-refractivity contribution in [2.75, 3.05) is 5.32 Å². The fraction of sp³-hybridized carbons (Fsp3) is 0.122. The molecule has 0 radical (unpaired) electrons. The van der Waals surface area contributed by atoms with E-state index in [1.54, 1.807) is 0 Å². The Morgan fingerprint density at radius 1 is 0.558 bits per heavy atom. The maximum absolute atomic E-state index is 3.92. The molecule has 2 heterocycles. The Balaban J connectivity index is 1.30. The minimum atomic E-state index is 0.104. The van der Waals surface area contributed by atoms with E-state index in [0.29, 0.717) is 0 Å². The SMILES string of the molecule is c1ccc(-c2cccc(Nc3ccc4c5c3-c3ccccc3-n3c6ccccc6c6ccc(c-5c63)C43CCCC3)c2)cc1. The minimum absolute atomic E-state index is 0.104. The molecule has 2 heteroatoms. The Morgan fingerprint density at radius 3 is 2.21 bits per heavy atom. The minimum Gasteiger partial charge on any atom is -0.355 e. The predicted molar refractivity (Wildman–Crippen MR) is 180 cm³/mol. The van der Waals surface area contributed by atoms with Gasteiger partial charge in [-0.2, -0.15) is 0 Å². The zero-order chi connectivity index (χ0) is 28.1. The fourth-order valence-electron chi connectivity index (χ4n) is 8.71. The molecule has 43 heavy (non-hydrogen) atoms. The number of nitrogens with one attached hydrogen (secondary N) is 1. The highest BCUT2D eigenvalue weighted by atomic mass is 15.0. The van der Waals surface area contributed by atoms with Gasteiger partial charge < -0.3 is 9.88 Å². The molecule has 1 aliphatic heterocycles. The number of benzene rings is 6. The van der Waals surface area contributed by atoms with Crippen LogP contribution >= 0.6 is 0 Å². The van der Waals surface area contributed by atoms with Gasteiger partial charge in [0.1, 0.15) is 0 Å². The molecule has 2 nitrogen and oxygen atoms in total. The van der Waals surface area contributed by atoms with E-state index < -0.39 is 0 Å². The third kappa shape index (κ3) is 3.03. The van der Waals surface area contributed by atoms with E-state index >= 15 is 0 Å². The summed E-state index contributed by atoms with van der Waals surface area (Å²) >= 11 is 0. The van der Waals surface area contributed by atoms with Gasteiger partial charge in [0.2, 0.25) is 0 Å². The van der Waals surface area contributed by atoms with Crippen LogP contribution in [0.5, 0.6) is 0 Å². The van der Waals surface area contributed by atoms with Crippen molar-refractivity contribution in [2.24, 2.45) is 0 Å². The molecule has 10 rings (SSSR count). The van der Waals surface area contributed by atoms with Crippen LogP contribution in [0.4, 0.5) is 11.4 Å². The van der Waals surface area contributed by atoms with Crippen LogP contribution < -0.4 is 5.32 Å². The van der Waals surface area contributed by atoms with Crippen molar-refractivity contribution in [3.63, 3.8) is 0 Å². The van der Waals surface area contributed by atoms with Gasteiger partial charge in [0, 0.05) is 44.3 Å². The summed E-state index contributed by atoms with van der Waals surface area (Å²) in [6.45, 7) is 0. The molecular formula is C41H30N2. The summed E-state index contributed by atoms with van der Waals surface area (Å²) in [5, 5.41) is 6.61. The molecular weight excluding hydrogens is 520 g/mol. The average molecular weight is 551 g/mol. The standard InChI is InChI=1S/C41H30N2/c1-2-11-26(12-3-1)27-13-10-14-28(25-27)42-34-22-21-32-38-37(34)31-16-5-7-18-36(31)43-35-17-6-4-15-29(35)30-19-20-33(39(38)40(30)43)41(32)23-8-9-24-41/h1-7,10-22,25,42H,8-9,23-24H2. The van der Waals surface area contributed by atoms with Gasteiger partial charge >= 0.3 is 0 Å². The lowest BCUT2D eigenvalue weighted by Gasteiger charge is -2.28. The van der Waals surface area contributed by atoms with Gasteiger partial charge in [0.25, 0.3) is 0 Å². The van der Waals surface area contributed by atoms with Crippen LogP contribution in [-0.4, -0.2) is 4.57 Å². The molecule has 2 aliphatic carbocycles. The van der Waals surface area contributed by atoms with Crippen molar-refractivity contribution in [1.82, 2.24) is 4.57 Å². The molecule has 3 aliphatic rings. The number of hydrogen-bond donors (Lipinski definition) is 1. The largest absolute Gasteiger partial charge is 0.355 e. The Labute approximate surface area is 251 Å². The summed E-state index contributed by atoms with van der Waals surface area (Å²) in [5.41, 5.74) is 17.3. The van der Waals surface area contributed by atoms with E-state index in [-0.39, 0.29) is 5.41 Å². The van der Waals surface area contributed by atoms with Gasteiger partial charge in [-0.15, -0.1) is 0 Å². The number of anilines is 2. The normalized spacial score (nSPS) is 15.3. The second-order valence-electron chi connectivity index (χ2n) is 12.5. The topological polar surface area (TPSA) is 17.0 Å². The van der Waals surface area contributed by atoms with E-state index in [2.05, 4.69) is 137 Å². The van der Waals surface area contributed by atoms with Crippen molar-refractivity contribution >= 4 is 33.2 Å². The first kappa shape index (κ1) is 23.5. The highest BCUT2D eigenvalue weighted by Gasteiger charge is 2.48. The second-order valence-corrected chi connectivity index (χ2v) is 12.5. The Morgan fingerprint density at radius 2 is 1.30 bits per heavy atom. The number of fused-ring (bicyclic) bond motifs is 8. The fourth-order valence-corrected chi connectivity index (χ4v) is 8.71. The zero-order valence-corrected chi connectivity index (χ0v) is 23.9. The third-order valence-electron chi connectivity index (χ3n) is 10.4. The average Bonchev–Trinajstić information content (AvgIpc) is 3.73. The van der Waals surface area contributed by atoms with Crippen LogP contribution in [0.15, 0.2) is 127 Å². The van der Waals surface area contributed by atoms with Gasteiger partial charge in [-0.1, -0.05) is 110 Å². The lowest BCUT2D eigenvalue weighted by Crippen LogP contribution is -2.20. The molecule has 1 saturated carbocycles. The van der Waals surface area contributed by atoms with E-state index in [0.717, 1.165) is 5.69 Å². The first-order valence-corrected chi connectivity index (χ1v) is 15.6. The number of nitrogens with zero attached hydrogens (tertiary/aromatic N) is 1. The second kappa shape index (κ2) is 8.49. The van der Waals surface area contributed by atoms with Gasteiger partial charge in [0.05, 0.1) is 16.7 Å². The van der Waals surface area contributed by atoms with Crippen LogP contribution in [-0.2, 0) is 5.41 Å². The first-order valence-electron chi connectivity index (χ1n) is 15.6. The van der Waals surface area contributed by atoms with Crippen LogP contribution in [0.25, 0.3) is 60.9 Å². The van der Waals surface area contributed by atoms with Crippen LogP contribution in [0.1, 0.15) is 36.8 Å². The molecule has 0 saturated heterocycles. The van der Waals surface area contributed by atoms with Crippen molar-refractivity contribution in [2.45, 2.75) is 31.1 Å². The molecule has 7 aromatic rings. The molecule has 204 valence electrons. The summed E-state index contributed by atoms with van der Waals surface area (Å²) in [4.78, 5) is 0. The number of aromatic nitrogens is 1. The van der Waals surface area contributed by atoms with Crippen molar-refractivity contribution in [3.05, 3.63) is 139 Å². The van der Waals surface area contributed by atoms with Gasteiger partial charge in [-0.05, 0) is 71.0 Å². The molecule has 0 unspecified atom stereocenters. The predicted octanol–water partition coefficient (Wildman–Crippen LogP) is 11.0. The zero-order valence-electron chi connectivity index (χ0n) is 23.9. The maximum atomic E-state index is 3.92. The lowest BCUT2D eigenvalue weighted by atomic mass is 9.76. The smallest absolute Gasteiger partial charge is 0.0623 e. The van der Waals surface area contributed by atoms with Crippen LogP contribution in [0.3, 0.4) is 0 Å². The molecule has 0 atom stereocenters. The summed E-state index contributed by atoms with van der Waals surface area (Å²) in [6.07, 6.45) is 5.04. The van der Waals surface area contributed by atoms with E-state index in [1.807, 2.05) is 0 Å². The van der Waals surface area contributed by atoms with Crippen LogP contribution in [0, 0.1) is 0 Å². The monoisotopic (exact) mass is 550 g/mol. The summed E-state index contributed by atoms with van der Waals surface area (Å²) in [6, 6.07) is 47.2. The van der Waals surface area contributed by atoms with Gasteiger partial charge in [-0.3, -0.25) is 0 Å². The molecule has 6 aromatic carbocycles. The van der Waals surface area contributed by atoms with E-state index in [4.69, 9.17) is 0 Å². The van der Waals surface area contributed by atoms with E-state index in [1.165, 1.54) is 103 Å². The Hall–Kier alpha value is -5.08. The van der Waals surface area contributed by atoms with Crippen molar-refractivity contribution in [1.29, 1.82) is 0 Å². The summed E-state index contributed by atoms with van der Waals surface area (Å²) < 4.78 is 2.57. The third-order valence-corrected chi connectivity index (χ3v) is 10.4. The molecule has 1 spiro atoms. The van der Waals surface area contributed by atoms with Gasteiger partial charge in [0.15, 0.2) is 0 Å². The van der Waals surface area contributed by atoms with Gasteiger partial charge in [-0.25, -0.2) is 0 Å². The molecule has 1 aromatic heterocycles. The quantitative estimate of drug-likeness (QED) is 0.231. The lowest BCUT2D eigenvalue weighted by molar-refractivity contribution is 0.550. The van der Waals surface area contributed by atoms with Crippen LogP contribution in [0.2, 0.25) is 0 Å². The number of hydrogen-bond acceptors (Lipinski definition) is 1. The molecule has 0 amide bonds. The number of para-hydroxylation sites is 2.